The van der Waals surface area contributed by atoms with Gasteiger partial charge in [0, 0.05) is 31.9 Å². The van der Waals surface area contributed by atoms with Crippen LogP contribution in [0.1, 0.15) is 53.1 Å². The number of hydrogen-bond donors (Lipinski definition) is 2. The van der Waals surface area contributed by atoms with Gasteiger partial charge in [0.05, 0.1) is 24.1 Å². The number of aromatic carboxylic acids is 1. The molecule has 0 amide bonds. The maximum Gasteiger partial charge on any atom is 0.337 e. The Kier molecular flexibility index (Phi) is 6.30. The third-order valence-corrected chi connectivity index (χ3v) is 5.97. The Balaban J connectivity index is 1.40. The van der Waals surface area contributed by atoms with Gasteiger partial charge < -0.3 is 19.9 Å². The molecule has 1 aliphatic heterocycles. The average Bonchev–Trinajstić information content (AvgIpc) is 2.77. The zero-order chi connectivity index (χ0) is 20.1. The molecular weight excluding hydrogens is 368 g/mol. The molecule has 2 heterocycles. The fraction of sp³-hybridized carbons (Fsp3) is 0.478. The third kappa shape index (κ3) is 4.88. The van der Waals surface area contributed by atoms with Crippen molar-refractivity contribution in [2.75, 3.05) is 31.7 Å². The van der Waals surface area contributed by atoms with Gasteiger partial charge in [-0.1, -0.05) is 6.07 Å². The standard InChI is InChI=1S/C23H28N2O4/c26-23(27)21-6-9-24-14-22(21)25-13-18-3-1-2-17-12-19(4-5-20(17)18)29-15-16-7-10-28-11-8-16/h4-6,9,12,14,16,18,25H,1-3,7-8,10-11,13,15H2,(H,26,27)/t18-/m0/s1. The molecule has 0 saturated carbocycles. The van der Waals surface area contributed by atoms with Crippen LogP contribution < -0.4 is 10.1 Å². The van der Waals surface area contributed by atoms with Crippen LogP contribution in [-0.2, 0) is 11.2 Å². The maximum atomic E-state index is 11.4. The molecule has 2 aliphatic rings. The number of carboxylic acid groups (broad SMARTS) is 1. The second-order valence-electron chi connectivity index (χ2n) is 7.92. The van der Waals surface area contributed by atoms with Crippen molar-refractivity contribution in [3.05, 3.63) is 53.3 Å². The van der Waals surface area contributed by atoms with Crippen LogP contribution in [0.2, 0.25) is 0 Å². The van der Waals surface area contributed by atoms with Crippen molar-refractivity contribution in [2.45, 2.75) is 38.0 Å². The largest absolute Gasteiger partial charge is 0.493 e. The van der Waals surface area contributed by atoms with Crippen molar-refractivity contribution < 1.29 is 19.4 Å². The molecule has 1 aromatic heterocycles. The average molecular weight is 396 g/mol. The van der Waals surface area contributed by atoms with E-state index in [-0.39, 0.29) is 5.56 Å². The maximum absolute atomic E-state index is 11.4. The summed E-state index contributed by atoms with van der Waals surface area (Å²) in [5.74, 6) is 0.944. The zero-order valence-electron chi connectivity index (χ0n) is 16.6. The van der Waals surface area contributed by atoms with Gasteiger partial charge in [0.15, 0.2) is 0 Å². The molecule has 0 spiro atoms. The van der Waals surface area contributed by atoms with Crippen molar-refractivity contribution in [1.29, 1.82) is 0 Å². The fourth-order valence-corrected chi connectivity index (χ4v) is 4.28. The first-order chi connectivity index (χ1) is 14.2. The minimum Gasteiger partial charge on any atom is -0.493 e. The monoisotopic (exact) mass is 396 g/mol. The van der Waals surface area contributed by atoms with Gasteiger partial charge in [0.2, 0.25) is 0 Å². The highest BCUT2D eigenvalue weighted by Gasteiger charge is 2.22. The van der Waals surface area contributed by atoms with Crippen molar-refractivity contribution in [2.24, 2.45) is 5.92 Å². The van der Waals surface area contributed by atoms with Crippen LogP contribution in [-0.4, -0.2) is 42.4 Å². The molecule has 0 unspecified atom stereocenters. The van der Waals surface area contributed by atoms with Crippen molar-refractivity contribution in [1.82, 2.24) is 4.98 Å². The van der Waals surface area contributed by atoms with E-state index in [4.69, 9.17) is 9.47 Å². The first-order valence-electron chi connectivity index (χ1n) is 10.5. The molecule has 0 radical (unpaired) electrons. The Morgan fingerprint density at radius 2 is 2.10 bits per heavy atom. The van der Waals surface area contributed by atoms with E-state index in [1.165, 1.54) is 23.4 Å². The Bertz CT molecular complexity index is 849. The van der Waals surface area contributed by atoms with Crippen molar-refractivity contribution >= 4 is 11.7 Å². The molecule has 4 rings (SSSR count). The topological polar surface area (TPSA) is 80.7 Å². The van der Waals surface area contributed by atoms with Crippen LogP contribution in [0.15, 0.2) is 36.7 Å². The van der Waals surface area contributed by atoms with E-state index in [0.29, 0.717) is 24.1 Å². The van der Waals surface area contributed by atoms with Gasteiger partial charge in [-0.25, -0.2) is 4.79 Å². The second-order valence-corrected chi connectivity index (χ2v) is 7.92. The lowest BCUT2D eigenvalue weighted by Gasteiger charge is -2.27. The van der Waals surface area contributed by atoms with Gasteiger partial charge in [0.25, 0.3) is 0 Å². The Morgan fingerprint density at radius 3 is 2.93 bits per heavy atom. The van der Waals surface area contributed by atoms with Gasteiger partial charge in [-0.15, -0.1) is 0 Å². The van der Waals surface area contributed by atoms with Crippen LogP contribution in [0, 0.1) is 5.92 Å². The highest BCUT2D eigenvalue weighted by atomic mass is 16.5. The van der Waals surface area contributed by atoms with Crippen LogP contribution in [0.4, 0.5) is 5.69 Å². The summed E-state index contributed by atoms with van der Waals surface area (Å²) in [7, 11) is 0. The van der Waals surface area contributed by atoms with Crippen molar-refractivity contribution in [3.63, 3.8) is 0 Å². The molecule has 6 heteroatoms. The summed E-state index contributed by atoms with van der Waals surface area (Å²) in [6, 6.07) is 7.97. The van der Waals surface area contributed by atoms with Crippen LogP contribution >= 0.6 is 0 Å². The Morgan fingerprint density at radius 1 is 1.24 bits per heavy atom. The number of benzene rings is 1. The smallest absolute Gasteiger partial charge is 0.337 e. The van der Waals surface area contributed by atoms with Gasteiger partial charge in [0.1, 0.15) is 5.75 Å². The van der Waals surface area contributed by atoms with Gasteiger partial charge in [-0.3, -0.25) is 4.98 Å². The lowest BCUT2D eigenvalue weighted by atomic mass is 9.82. The lowest BCUT2D eigenvalue weighted by Crippen LogP contribution is -2.22. The van der Waals surface area contributed by atoms with E-state index in [2.05, 4.69) is 28.5 Å². The SMILES string of the molecule is O=C(O)c1ccncc1NC[C@@H]1CCCc2cc(OCC3CCOCC3)ccc21. The van der Waals surface area contributed by atoms with E-state index in [1.807, 2.05) is 0 Å². The zero-order valence-corrected chi connectivity index (χ0v) is 16.6. The molecule has 2 N–H and O–H groups in total. The number of nitrogens with zero attached hydrogens (tertiary/aromatic N) is 1. The highest BCUT2D eigenvalue weighted by molar-refractivity contribution is 5.93. The number of anilines is 1. The second kappa shape index (κ2) is 9.27. The minimum atomic E-state index is -0.940. The summed E-state index contributed by atoms with van der Waals surface area (Å²) < 4.78 is 11.5. The number of aryl methyl sites for hydroxylation is 1. The van der Waals surface area contributed by atoms with E-state index >= 15 is 0 Å². The predicted molar refractivity (Wildman–Crippen MR) is 111 cm³/mol. The van der Waals surface area contributed by atoms with Crippen LogP contribution in [0.5, 0.6) is 5.75 Å². The molecule has 0 bridgehead atoms. The summed E-state index contributed by atoms with van der Waals surface area (Å²) in [5, 5.41) is 12.6. The summed E-state index contributed by atoms with van der Waals surface area (Å²) in [6.07, 6.45) is 8.52. The summed E-state index contributed by atoms with van der Waals surface area (Å²) in [4.78, 5) is 15.5. The highest BCUT2D eigenvalue weighted by Crippen LogP contribution is 2.34. The molecule has 2 aromatic rings. The predicted octanol–water partition coefficient (Wildman–Crippen LogP) is 4.12. The van der Waals surface area contributed by atoms with Crippen LogP contribution in [0.3, 0.4) is 0 Å². The number of fused-ring (bicyclic) bond motifs is 1. The number of rotatable bonds is 7. The molecule has 1 aliphatic carbocycles. The van der Waals surface area contributed by atoms with Gasteiger partial charge in [-0.05, 0) is 67.3 Å². The fourth-order valence-electron chi connectivity index (χ4n) is 4.28. The molecule has 6 nitrogen and oxygen atoms in total. The molecule has 29 heavy (non-hydrogen) atoms. The molecular formula is C23H28N2O4. The van der Waals surface area contributed by atoms with Gasteiger partial charge >= 0.3 is 5.97 Å². The number of carboxylic acids is 1. The number of nitrogens with one attached hydrogen (secondary N) is 1. The quantitative estimate of drug-likeness (QED) is 0.733. The molecule has 1 atom stereocenters. The van der Waals surface area contributed by atoms with E-state index in [0.717, 1.165) is 57.7 Å². The lowest BCUT2D eigenvalue weighted by molar-refractivity contribution is 0.0497. The molecule has 154 valence electrons. The summed E-state index contributed by atoms with van der Waals surface area (Å²) in [5.41, 5.74) is 3.51. The first kappa shape index (κ1) is 19.7. The van der Waals surface area contributed by atoms with Crippen LogP contribution in [0.25, 0.3) is 0 Å². The Labute approximate surface area is 171 Å². The number of aromatic nitrogens is 1. The Hall–Kier alpha value is -2.60. The van der Waals surface area contributed by atoms with Crippen molar-refractivity contribution in [3.8, 4) is 5.75 Å². The van der Waals surface area contributed by atoms with E-state index < -0.39 is 5.97 Å². The normalized spacial score (nSPS) is 19.4. The number of pyridine rings is 1. The number of hydrogen-bond acceptors (Lipinski definition) is 5. The number of ether oxygens (including phenoxy) is 2. The van der Waals surface area contributed by atoms with Gasteiger partial charge in [-0.2, -0.15) is 0 Å². The summed E-state index contributed by atoms with van der Waals surface area (Å²) >= 11 is 0. The minimum absolute atomic E-state index is 0.257. The van der Waals surface area contributed by atoms with E-state index in [9.17, 15) is 9.90 Å². The molecule has 1 saturated heterocycles. The summed E-state index contributed by atoms with van der Waals surface area (Å²) in [6.45, 7) is 3.13. The molecule has 1 fully saturated rings. The third-order valence-electron chi connectivity index (χ3n) is 5.97. The van der Waals surface area contributed by atoms with E-state index in [1.54, 1.807) is 6.20 Å². The first-order valence-corrected chi connectivity index (χ1v) is 10.5. The number of carbonyl (C=O) groups is 1. The molecule has 1 aromatic carbocycles.